The largest absolute Gasteiger partial charge is 0.338 e. The van der Waals surface area contributed by atoms with Crippen molar-refractivity contribution >= 4 is 33.6 Å². The average Bonchev–Trinajstić information content (AvgIpc) is 2.61. The van der Waals surface area contributed by atoms with Crippen molar-refractivity contribution in [3.05, 3.63) is 28.7 Å². The number of hydrogen-bond donors (Lipinski definition) is 2. The van der Waals surface area contributed by atoms with E-state index in [2.05, 4.69) is 38.4 Å². The Morgan fingerprint density at radius 1 is 1.20 bits per heavy atom. The summed E-state index contributed by atoms with van der Waals surface area (Å²) >= 11 is 3.38. The number of anilines is 1. The van der Waals surface area contributed by atoms with Crippen LogP contribution in [0.4, 0.5) is 10.5 Å². The Hall–Kier alpha value is -1.60. The Morgan fingerprint density at radius 3 is 2.52 bits per heavy atom. The van der Waals surface area contributed by atoms with Gasteiger partial charge in [0.05, 0.1) is 0 Å². The van der Waals surface area contributed by atoms with Gasteiger partial charge in [0.1, 0.15) is 6.04 Å². The predicted octanol–water partition coefficient (Wildman–Crippen LogP) is 2.90. The smallest absolute Gasteiger partial charge is 0.319 e. The number of nitrogens with zero attached hydrogens (tertiary/aromatic N) is 2. The third-order valence-electron chi connectivity index (χ3n) is 4.39. The molecular formula is C18H27BrN4O2. The molecule has 25 heavy (non-hydrogen) atoms. The number of benzene rings is 1. The fourth-order valence-corrected chi connectivity index (χ4v) is 3.34. The van der Waals surface area contributed by atoms with Gasteiger partial charge in [0.2, 0.25) is 5.91 Å². The third-order valence-corrected chi connectivity index (χ3v) is 4.89. The molecule has 1 aliphatic heterocycles. The van der Waals surface area contributed by atoms with Gasteiger partial charge in [-0.1, -0.05) is 42.3 Å². The van der Waals surface area contributed by atoms with Gasteiger partial charge in [0.15, 0.2) is 0 Å². The van der Waals surface area contributed by atoms with Crippen LogP contribution in [-0.4, -0.2) is 60.5 Å². The van der Waals surface area contributed by atoms with E-state index in [4.69, 9.17) is 0 Å². The van der Waals surface area contributed by atoms with Crippen LogP contribution < -0.4 is 10.6 Å². The van der Waals surface area contributed by atoms with Gasteiger partial charge >= 0.3 is 6.03 Å². The summed E-state index contributed by atoms with van der Waals surface area (Å²) in [7, 11) is 0. The molecule has 1 atom stereocenters. The van der Waals surface area contributed by atoms with E-state index < -0.39 is 6.04 Å². The van der Waals surface area contributed by atoms with Crippen molar-refractivity contribution in [2.45, 2.75) is 32.7 Å². The summed E-state index contributed by atoms with van der Waals surface area (Å²) in [5, 5.41) is 5.62. The highest BCUT2D eigenvalue weighted by Gasteiger charge is 2.27. The van der Waals surface area contributed by atoms with E-state index in [1.807, 2.05) is 36.1 Å². The van der Waals surface area contributed by atoms with Crippen LogP contribution in [0.2, 0.25) is 0 Å². The highest BCUT2D eigenvalue weighted by atomic mass is 79.9. The van der Waals surface area contributed by atoms with E-state index in [1.165, 1.54) is 0 Å². The van der Waals surface area contributed by atoms with Gasteiger partial charge in [-0.3, -0.25) is 4.79 Å². The summed E-state index contributed by atoms with van der Waals surface area (Å²) in [6.07, 6.45) is 1.47. The SMILES string of the molecule is CCCC(NC(=O)Nc1cccc(Br)c1)C(=O)N1CCN(CC)CC1. The summed E-state index contributed by atoms with van der Waals surface area (Å²) in [6, 6.07) is 6.54. The summed E-state index contributed by atoms with van der Waals surface area (Å²) in [6.45, 7) is 8.39. The lowest BCUT2D eigenvalue weighted by molar-refractivity contribution is -0.135. The zero-order valence-corrected chi connectivity index (χ0v) is 16.5. The number of carbonyl (C=O) groups is 2. The van der Waals surface area contributed by atoms with Crippen LogP contribution in [0.15, 0.2) is 28.7 Å². The van der Waals surface area contributed by atoms with Crippen LogP contribution in [0.1, 0.15) is 26.7 Å². The molecule has 0 bridgehead atoms. The zero-order chi connectivity index (χ0) is 18.2. The second-order valence-electron chi connectivity index (χ2n) is 6.21. The topological polar surface area (TPSA) is 64.7 Å². The maximum Gasteiger partial charge on any atom is 0.319 e. The van der Waals surface area contributed by atoms with Crippen molar-refractivity contribution in [1.29, 1.82) is 0 Å². The summed E-state index contributed by atoms with van der Waals surface area (Å²) in [4.78, 5) is 29.3. The molecule has 0 saturated carbocycles. The molecule has 0 spiro atoms. The lowest BCUT2D eigenvalue weighted by Gasteiger charge is -2.36. The number of halogens is 1. The van der Waals surface area contributed by atoms with Crippen LogP contribution in [0.25, 0.3) is 0 Å². The Labute approximate surface area is 158 Å². The molecule has 1 aliphatic rings. The lowest BCUT2D eigenvalue weighted by Crippen LogP contribution is -2.55. The van der Waals surface area contributed by atoms with Gasteiger partial charge in [0.25, 0.3) is 0 Å². The van der Waals surface area contributed by atoms with Gasteiger partial charge in [-0.25, -0.2) is 4.79 Å². The number of nitrogens with one attached hydrogen (secondary N) is 2. The molecule has 0 aromatic heterocycles. The lowest BCUT2D eigenvalue weighted by atomic mass is 10.1. The van der Waals surface area contributed by atoms with Gasteiger partial charge in [-0.05, 0) is 31.2 Å². The molecule has 1 unspecified atom stereocenters. The van der Waals surface area contributed by atoms with Crippen LogP contribution in [0.5, 0.6) is 0 Å². The monoisotopic (exact) mass is 410 g/mol. The van der Waals surface area contributed by atoms with Crippen LogP contribution in [0, 0.1) is 0 Å². The minimum atomic E-state index is -0.481. The first kappa shape index (κ1) is 19.7. The van der Waals surface area contributed by atoms with E-state index in [1.54, 1.807) is 0 Å². The molecule has 0 radical (unpaired) electrons. The normalized spacial score (nSPS) is 16.4. The molecule has 138 valence electrons. The number of piperazine rings is 1. The van der Waals surface area contributed by atoms with Crippen molar-refractivity contribution in [2.75, 3.05) is 38.0 Å². The first-order chi connectivity index (χ1) is 12.0. The van der Waals surface area contributed by atoms with Crippen molar-refractivity contribution in [2.24, 2.45) is 0 Å². The predicted molar refractivity (Wildman–Crippen MR) is 104 cm³/mol. The number of likely N-dealkylation sites (N-methyl/N-ethyl adjacent to an activating group) is 1. The Bertz CT molecular complexity index is 588. The molecule has 1 fully saturated rings. The summed E-state index contributed by atoms with van der Waals surface area (Å²) in [5.41, 5.74) is 0.686. The van der Waals surface area contributed by atoms with E-state index in [0.717, 1.165) is 43.6 Å². The number of carbonyl (C=O) groups excluding carboxylic acids is 2. The average molecular weight is 411 g/mol. The second kappa shape index (κ2) is 9.77. The quantitative estimate of drug-likeness (QED) is 0.757. The highest BCUT2D eigenvalue weighted by molar-refractivity contribution is 9.10. The van der Waals surface area contributed by atoms with Crippen LogP contribution >= 0.6 is 15.9 Å². The highest BCUT2D eigenvalue weighted by Crippen LogP contribution is 2.15. The third kappa shape index (κ3) is 6.01. The van der Waals surface area contributed by atoms with Gasteiger partial charge < -0.3 is 20.4 Å². The van der Waals surface area contributed by atoms with Crippen molar-refractivity contribution in [1.82, 2.24) is 15.1 Å². The molecule has 3 amide bonds. The maximum atomic E-state index is 12.8. The number of hydrogen-bond acceptors (Lipinski definition) is 3. The van der Waals surface area contributed by atoms with Gasteiger partial charge in [0, 0.05) is 36.3 Å². The number of urea groups is 1. The molecule has 2 N–H and O–H groups in total. The molecule has 1 aromatic rings. The van der Waals surface area contributed by atoms with Crippen molar-refractivity contribution in [3.63, 3.8) is 0 Å². The van der Waals surface area contributed by atoms with Crippen molar-refractivity contribution in [3.8, 4) is 0 Å². The Kier molecular flexibility index (Phi) is 7.71. The molecule has 0 aliphatic carbocycles. The van der Waals surface area contributed by atoms with E-state index in [-0.39, 0.29) is 11.9 Å². The first-order valence-corrected chi connectivity index (χ1v) is 9.67. The minimum Gasteiger partial charge on any atom is -0.338 e. The molecule has 7 heteroatoms. The number of rotatable bonds is 6. The molecule has 1 saturated heterocycles. The van der Waals surface area contributed by atoms with Gasteiger partial charge in [-0.2, -0.15) is 0 Å². The van der Waals surface area contributed by atoms with Gasteiger partial charge in [-0.15, -0.1) is 0 Å². The van der Waals surface area contributed by atoms with E-state index >= 15 is 0 Å². The fourth-order valence-electron chi connectivity index (χ4n) is 2.94. The molecule has 1 aromatic carbocycles. The van der Waals surface area contributed by atoms with Crippen LogP contribution in [-0.2, 0) is 4.79 Å². The Morgan fingerprint density at radius 2 is 1.92 bits per heavy atom. The van der Waals surface area contributed by atoms with Crippen LogP contribution in [0.3, 0.4) is 0 Å². The second-order valence-corrected chi connectivity index (χ2v) is 7.13. The first-order valence-electron chi connectivity index (χ1n) is 8.87. The summed E-state index contributed by atoms with van der Waals surface area (Å²) in [5.74, 6) is 0.0157. The minimum absolute atomic E-state index is 0.0157. The van der Waals surface area contributed by atoms with E-state index in [0.29, 0.717) is 12.1 Å². The molecule has 1 heterocycles. The molecule has 6 nitrogen and oxygen atoms in total. The number of amides is 3. The fraction of sp³-hybridized carbons (Fsp3) is 0.556. The maximum absolute atomic E-state index is 12.8. The molecular weight excluding hydrogens is 384 g/mol. The standard InChI is InChI=1S/C18H27BrN4O2/c1-3-6-16(17(24)23-11-9-22(4-2)10-12-23)21-18(25)20-15-8-5-7-14(19)13-15/h5,7-8,13,16H,3-4,6,9-12H2,1-2H3,(H2,20,21,25). The Balaban J connectivity index is 1.92. The molecule has 2 rings (SSSR count). The zero-order valence-electron chi connectivity index (χ0n) is 14.9. The van der Waals surface area contributed by atoms with E-state index in [9.17, 15) is 9.59 Å². The van der Waals surface area contributed by atoms with Crippen molar-refractivity contribution < 1.29 is 9.59 Å². The summed E-state index contributed by atoms with van der Waals surface area (Å²) < 4.78 is 0.889.